The molecule has 0 saturated carbocycles. The zero-order valence-corrected chi connectivity index (χ0v) is 21.3. The van der Waals surface area contributed by atoms with Crippen LogP contribution in [0.15, 0.2) is 66.2 Å². The van der Waals surface area contributed by atoms with Crippen molar-refractivity contribution in [1.29, 1.82) is 0 Å². The minimum absolute atomic E-state index is 0.0427. The Bertz CT molecular complexity index is 1360. The quantitative estimate of drug-likeness (QED) is 0.300. The Labute approximate surface area is 211 Å². The molecule has 0 aliphatic carbocycles. The largest absolute Gasteiger partial charge is 0.507 e. The highest BCUT2D eigenvalue weighted by molar-refractivity contribution is 6.51. The first kappa shape index (κ1) is 24.9. The molecule has 1 unspecified atom stereocenters. The normalized spacial score (nSPS) is 16.8. The third-order valence-corrected chi connectivity index (χ3v) is 6.46. The average Bonchev–Trinajstić information content (AvgIpc) is 3.14. The predicted molar refractivity (Wildman–Crippen MR) is 141 cm³/mol. The number of amides is 1. The smallest absolute Gasteiger partial charge is 0.300 e. The lowest BCUT2D eigenvalue weighted by Gasteiger charge is -2.26. The van der Waals surface area contributed by atoms with Crippen molar-refractivity contribution in [2.45, 2.75) is 19.9 Å². The summed E-state index contributed by atoms with van der Waals surface area (Å²) >= 11 is 0. The zero-order chi connectivity index (χ0) is 26.1. The number of ketones is 1. The van der Waals surface area contributed by atoms with Gasteiger partial charge in [0, 0.05) is 37.1 Å². The van der Waals surface area contributed by atoms with Crippen molar-refractivity contribution in [1.82, 2.24) is 0 Å². The summed E-state index contributed by atoms with van der Waals surface area (Å²) in [5.41, 5.74) is 4.42. The topological polar surface area (TPSA) is 79.3 Å². The minimum Gasteiger partial charge on any atom is -0.507 e. The van der Waals surface area contributed by atoms with Gasteiger partial charge in [-0.2, -0.15) is 0 Å². The fourth-order valence-corrected chi connectivity index (χ4v) is 4.48. The van der Waals surface area contributed by atoms with Gasteiger partial charge in [-0.1, -0.05) is 29.8 Å². The lowest BCUT2D eigenvalue weighted by atomic mass is 9.93. The first-order valence-electron chi connectivity index (χ1n) is 11.6. The standard InChI is InChI=1S/C29H30N2O5/c1-17-7-8-18(2)22(15-17)27(32)25-26(19-9-11-20(12-10-19)30(3)4)31(29(34)28(25)33)21-13-14-23(35-5)24(16-21)36-6/h7-16,26,32H,1-6H3/b27-25+. The van der Waals surface area contributed by atoms with Crippen molar-refractivity contribution in [3.8, 4) is 11.5 Å². The Balaban J connectivity index is 1.97. The number of aryl methyl sites for hydroxylation is 2. The molecule has 36 heavy (non-hydrogen) atoms. The maximum atomic E-state index is 13.5. The van der Waals surface area contributed by atoms with E-state index in [4.69, 9.17) is 9.47 Å². The van der Waals surface area contributed by atoms with E-state index in [1.807, 2.05) is 75.3 Å². The summed E-state index contributed by atoms with van der Waals surface area (Å²) < 4.78 is 10.8. The van der Waals surface area contributed by atoms with Crippen LogP contribution in [0, 0.1) is 13.8 Å². The SMILES string of the molecule is COc1ccc(N2C(=O)C(=O)/C(=C(/O)c3cc(C)ccc3C)C2c2ccc(N(C)C)cc2)cc1OC. The molecular weight excluding hydrogens is 456 g/mol. The van der Waals surface area contributed by atoms with E-state index in [2.05, 4.69) is 0 Å². The monoisotopic (exact) mass is 486 g/mol. The molecule has 0 aromatic heterocycles. The number of aliphatic hydroxyl groups excluding tert-OH is 1. The molecule has 3 aromatic carbocycles. The summed E-state index contributed by atoms with van der Waals surface area (Å²) in [4.78, 5) is 30.3. The Kier molecular flexibility index (Phi) is 6.75. The van der Waals surface area contributed by atoms with Gasteiger partial charge in [-0.25, -0.2) is 0 Å². The summed E-state index contributed by atoms with van der Waals surface area (Å²) in [7, 11) is 6.91. The van der Waals surface area contributed by atoms with E-state index in [0.29, 0.717) is 28.3 Å². The first-order valence-corrected chi connectivity index (χ1v) is 11.6. The van der Waals surface area contributed by atoms with Crippen LogP contribution in [-0.4, -0.2) is 45.1 Å². The van der Waals surface area contributed by atoms with E-state index in [-0.39, 0.29) is 11.3 Å². The third kappa shape index (κ3) is 4.28. The highest BCUT2D eigenvalue weighted by Gasteiger charge is 2.47. The molecule has 1 aliphatic rings. The number of hydrogen-bond acceptors (Lipinski definition) is 6. The number of carbonyl (C=O) groups excluding carboxylic acids is 2. The molecule has 1 heterocycles. The molecule has 1 saturated heterocycles. The molecule has 1 fully saturated rings. The second kappa shape index (κ2) is 9.77. The van der Waals surface area contributed by atoms with Crippen LogP contribution in [0.4, 0.5) is 11.4 Å². The number of benzene rings is 3. The summed E-state index contributed by atoms with van der Waals surface area (Å²) in [6.07, 6.45) is 0. The molecule has 0 bridgehead atoms. The number of ether oxygens (including phenoxy) is 2. The van der Waals surface area contributed by atoms with E-state index in [1.165, 1.54) is 19.1 Å². The molecule has 0 radical (unpaired) electrons. The molecule has 4 rings (SSSR count). The van der Waals surface area contributed by atoms with Crippen LogP contribution >= 0.6 is 0 Å². The molecule has 1 atom stereocenters. The van der Waals surface area contributed by atoms with Crippen LogP contribution in [0.25, 0.3) is 5.76 Å². The third-order valence-electron chi connectivity index (χ3n) is 6.46. The number of Topliss-reactive ketones (excluding diaryl/α,β-unsaturated/α-hetero) is 1. The Hall–Kier alpha value is -4.26. The Morgan fingerprint density at radius 3 is 2.17 bits per heavy atom. The number of methoxy groups -OCH3 is 2. The second-order valence-electron chi connectivity index (χ2n) is 9.01. The molecule has 7 heteroatoms. The van der Waals surface area contributed by atoms with Crippen molar-refractivity contribution in [3.63, 3.8) is 0 Å². The number of aliphatic hydroxyl groups is 1. The Morgan fingerprint density at radius 2 is 1.56 bits per heavy atom. The molecule has 1 aliphatic heterocycles. The van der Waals surface area contributed by atoms with Crippen molar-refractivity contribution in [2.75, 3.05) is 38.1 Å². The Morgan fingerprint density at radius 1 is 0.889 bits per heavy atom. The first-order chi connectivity index (χ1) is 17.2. The zero-order valence-electron chi connectivity index (χ0n) is 21.3. The van der Waals surface area contributed by atoms with Crippen molar-refractivity contribution < 1.29 is 24.2 Å². The van der Waals surface area contributed by atoms with Crippen LogP contribution in [0.1, 0.15) is 28.3 Å². The maximum absolute atomic E-state index is 13.5. The van der Waals surface area contributed by atoms with Crippen LogP contribution in [0.2, 0.25) is 0 Å². The molecule has 3 aromatic rings. The number of hydrogen-bond donors (Lipinski definition) is 1. The van der Waals surface area contributed by atoms with Crippen LogP contribution in [0.3, 0.4) is 0 Å². The highest BCUT2D eigenvalue weighted by atomic mass is 16.5. The van der Waals surface area contributed by atoms with Gasteiger partial charge in [-0.15, -0.1) is 0 Å². The van der Waals surface area contributed by atoms with Gasteiger partial charge in [0.05, 0.1) is 25.8 Å². The van der Waals surface area contributed by atoms with Crippen molar-refractivity contribution >= 4 is 28.8 Å². The van der Waals surface area contributed by atoms with E-state index in [9.17, 15) is 14.7 Å². The number of anilines is 2. The predicted octanol–water partition coefficient (Wildman–Crippen LogP) is 5.01. The van der Waals surface area contributed by atoms with E-state index >= 15 is 0 Å². The molecule has 1 amide bonds. The summed E-state index contributed by atoms with van der Waals surface area (Å²) in [5.74, 6) is -0.743. The molecular formula is C29H30N2O5. The number of carbonyl (C=O) groups is 2. The van der Waals surface area contributed by atoms with Crippen LogP contribution < -0.4 is 19.3 Å². The van der Waals surface area contributed by atoms with E-state index in [1.54, 1.807) is 18.2 Å². The van der Waals surface area contributed by atoms with Gasteiger partial charge in [0.15, 0.2) is 11.5 Å². The second-order valence-corrected chi connectivity index (χ2v) is 9.01. The lowest BCUT2D eigenvalue weighted by Crippen LogP contribution is -2.29. The van der Waals surface area contributed by atoms with E-state index < -0.39 is 17.7 Å². The fraction of sp³-hybridized carbons (Fsp3) is 0.241. The van der Waals surface area contributed by atoms with Crippen LogP contribution in [0.5, 0.6) is 11.5 Å². The fourth-order valence-electron chi connectivity index (χ4n) is 4.48. The molecule has 186 valence electrons. The van der Waals surface area contributed by atoms with Gasteiger partial charge in [0.2, 0.25) is 0 Å². The maximum Gasteiger partial charge on any atom is 0.300 e. The average molecular weight is 487 g/mol. The van der Waals surface area contributed by atoms with Gasteiger partial charge in [-0.3, -0.25) is 14.5 Å². The van der Waals surface area contributed by atoms with Gasteiger partial charge < -0.3 is 19.5 Å². The molecule has 0 spiro atoms. The van der Waals surface area contributed by atoms with Crippen molar-refractivity contribution in [2.24, 2.45) is 0 Å². The summed E-state index contributed by atoms with van der Waals surface area (Å²) in [5, 5.41) is 11.5. The lowest BCUT2D eigenvalue weighted by molar-refractivity contribution is -0.132. The van der Waals surface area contributed by atoms with Crippen molar-refractivity contribution in [3.05, 3.63) is 88.5 Å². The highest BCUT2D eigenvalue weighted by Crippen LogP contribution is 2.44. The van der Waals surface area contributed by atoms with Crippen LogP contribution in [-0.2, 0) is 9.59 Å². The van der Waals surface area contributed by atoms with Gasteiger partial charge in [0.25, 0.3) is 11.7 Å². The van der Waals surface area contributed by atoms with Gasteiger partial charge >= 0.3 is 0 Å². The summed E-state index contributed by atoms with van der Waals surface area (Å²) in [6.45, 7) is 3.77. The van der Waals surface area contributed by atoms with Gasteiger partial charge in [0.1, 0.15) is 5.76 Å². The van der Waals surface area contributed by atoms with Gasteiger partial charge in [-0.05, 0) is 55.3 Å². The number of rotatable bonds is 6. The number of nitrogens with zero attached hydrogens (tertiary/aromatic N) is 2. The minimum atomic E-state index is -0.834. The molecule has 7 nitrogen and oxygen atoms in total. The molecule has 1 N–H and O–H groups in total. The summed E-state index contributed by atoms with van der Waals surface area (Å²) in [6, 6.07) is 17.4. The van der Waals surface area contributed by atoms with E-state index in [0.717, 1.165) is 16.8 Å².